The second-order valence-corrected chi connectivity index (χ2v) is 3.41. The van der Waals surface area contributed by atoms with Crippen LogP contribution in [0.3, 0.4) is 0 Å². The molecule has 0 aliphatic heterocycles. The highest BCUT2D eigenvalue weighted by atomic mass is 14.7. The van der Waals surface area contributed by atoms with Gasteiger partial charge in [0.1, 0.15) is 0 Å². The molecule has 0 heterocycles. The zero-order valence-corrected chi connectivity index (χ0v) is 7.98. The van der Waals surface area contributed by atoms with Gasteiger partial charge >= 0.3 is 0 Å². The molecule has 72 valence electrons. The third kappa shape index (κ3) is 1.50. The Bertz CT molecular complexity index is 432. The summed E-state index contributed by atoms with van der Waals surface area (Å²) in [5.41, 5.74) is 12.6. The van der Waals surface area contributed by atoms with Crippen LogP contribution in [0.5, 0.6) is 0 Å². The van der Waals surface area contributed by atoms with Crippen molar-refractivity contribution in [2.45, 2.75) is 6.04 Å². The molecule has 0 aliphatic carbocycles. The van der Waals surface area contributed by atoms with Gasteiger partial charge < -0.3 is 11.5 Å². The molecule has 0 radical (unpaired) electrons. The van der Waals surface area contributed by atoms with Gasteiger partial charge in [0.25, 0.3) is 0 Å². The second-order valence-electron chi connectivity index (χ2n) is 3.41. The quantitative estimate of drug-likeness (QED) is 0.751. The summed E-state index contributed by atoms with van der Waals surface area (Å²) in [6.45, 7) is 0.480. The molecule has 14 heavy (non-hydrogen) atoms. The Kier molecular flexibility index (Phi) is 2.48. The van der Waals surface area contributed by atoms with Crippen molar-refractivity contribution in [1.29, 1.82) is 0 Å². The molecule has 0 saturated carbocycles. The van der Waals surface area contributed by atoms with Gasteiger partial charge in [-0.1, -0.05) is 42.5 Å². The van der Waals surface area contributed by atoms with E-state index in [0.29, 0.717) is 6.54 Å². The van der Waals surface area contributed by atoms with Gasteiger partial charge in [-0.3, -0.25) is 0 Å². The van der Waals surface area contributed by atoms with Crippen molar-refractivity contribution in [3.8, 4) is 0 Å². The maximum absolute atomic E-state index is 5.94. The first kappa shape index (κ1) is 9.19. The molecule has 0 fully saturated rings. The van der Waals surface area contributed by atoms with Crippen molar-refractivity contribution in [2.24, 2.45) is 11.5 Å². The standard InChI is InChI=1S/C12H14N2/c13-8-12(14)11-7-3-5-9-4-1-2-6-10(9)11/h1-7,12H,8,13-14H2. The molecule has 2 aromatic carbocycles. The van der Waals surface area contributed by atoms with Gasteiger partial charge in [-0.25, -0.2) is 0 Å². The minimum atomic E-state index is -0.0684. The Hall–Kier alpha value is -1.38. The van der Waals surface area contributed by atoms with Crippen molar-refractivity contribution in [3.63, 3.8) is 0 Å². The molecular formula is C12H14N2. The van der Waals surface area contributed by atoms with E-state index in [2.05, 4.69) is 18.2 Å². The van der Waals surface area contributed by atoms with E-state index in [1.54, 1.807) is 0 Å². The number of nitrogens with two attached hydrogens (primary N) is 2. The number of hydrogen-bond donors (Lipinski definition) is 2. The molecule has 4 N–H and O–H groups in total. The summed E-state index contributed by atoms with van der Waals surface area (Å²) in [6, 6.07) is 14.3. The average molecular weight is 186 g/mol. The van der Waals surface area contributed by atoms with Gasteiger partial charge in [-0.15, -0.1) is 0 Å². The van der Waals surface area contributed by atoms with Crippen molar-refractivity contribution in [1.82, 2.24) is 0 Å². The summed E-state index contributed by atoms with van der Waals surface area (Å²) in [5.74, 6) is 0. The van der Waals surface area contributed by atoms with E-state index in [9.17, 15) is 0 Å². The predicted octanol–water partition coefficient (Wildman–Crippen LogP) is 1.80. The monoisotopic (exact) mass is 186 g/mol. The van der Waals surface area contributed by atoms with Crippen LogP contribution in [0.4, 0.5) is 0 Å². The van der Waals surface area contributed by atoms with Crippen LogP contribution in [-0.2, 0) is 0 Å². The van der Waals surface area contributed by atoms with Gasteiger partial charge in [0, 0.05) is 12.6 Å². The summed E-state index contributed by atoms with van der Waals surface area (Å²) >= 11 is 0. The zero-order valence-electron chi connectivity index (χ0n) is 7.98. The highest BCUT2D eigenvalue weighted by Gasteiger charge is 2.06. The molecule has 2 nitrogen and oxygen atoms in total. The Morgan fingerprint density at radius 3 is 2.50 bits per heavy atom. The number of rotatable bonds is 2. The first-order chi connectivity index (χ1) is 6.83. The fourth-order valence-electron chi connectivity index (χ4n) is 1.70. The van der Waals surface area contributed by atoms with E-state index in [1.807, 2.05) is 24.3 Å². The number of benzene rings is 2. The molecular weight excluding hydrogens is 172 g/mol. The lowest BCUT2D eigenvalue weighted by Gasteiger charge is -2.12. The third-order valence-corrected chi connectivity index (χ3v) is 2.48. The highest BCUT2D eigenvalue weighted by molar-refractivity contribution is 5.86. The largest absolute Gasteiger partial charge is 0.329 e. The predicted molar refractivity (Wildman–Crippen MR) is 59.9 cm³/mol. The van der Waals surface area contributed by atoms with E-state index in [0.717, 1.165) is 5.56 Å². The average Bonchev–Trinajstić information content (AvgIpc) is 2.27. The molecule has 0 bridgehead atoms. The van der Waals surface area contributed by atoms with Crippen molar-refractivity contribution in [2.75, 3.05) is 6.54 Å². The van der Waals surface area contributed by atoms with Crippen LogP contribution in [0.2, 0.25) is 0 Å². The van der Waals surface area contributed by atoms with Crippen LogP contribution in [-0.4, -0.2) is 6.54 Å². The molecule has 0 saturated heterocycles. The molecule has 2 rings (SSSR count). The van der Waals surface area contributed by atoms with E-state index in [1.165, 1.54) is 10.8 Å². The lowest BCUT2D eigenvalue weighted by molar-refractivity contribution is 0.743. The zero-order chi connectivity index (χ0) is 9.97. The molecule has 2 aromatic rings. The van der Waals surface area contributed by atoms with E-state index in [-0.39, 0.29) is 6.04 Å². The Balaban J connectivity index is 2.65. The summed E-state index contributed by atoms with van der Waals surface area (Å²) < 4.78 is 0. The normalized spacial score (nSPS) is 13.0. The molecule has 1 atom stereocenters. The fraction of sp³-hybridized carbons (Fsp3) is 0.167. The topological polar surface area (TPSA) is 52.0 Å². The second kappa shape index (κ2) is 3.78. The van der Waals surface area contributed by atoms with Gasteiger partial charge in [-0.2, -0.15) is 0 Å². The summed E-state index contributed by atoms with van der Waals surface area (Å²) in [4.78, 5) is 0. The first-order valence-electron chi connectivity index (χ1n) is 4.76. The Morgan fingerprint density at radius 1 is 1.00 bits per heavy atom. The molecule has 1 unspecified atom stereocenters. The highest BCUT2D eigenvalue weighted by Crippen LogP contribution is 2.22. The van der Waals surface area contributed by atoms with Crippen LogP contribution >= 0.6 is 0 Å². The van der Waals surface area contributed by atoms with Crippen LogP contribution in [0, 0.1) is 0 Å². The minimum absolute atomic E-state index is 0.0684. The van der Waals surface area contributed by atoms with E-state index < -0.39 is 0 Å². The van der Waals surface area contributed by atoms with Crippen molar-refractivity contribution < 1.29 is 0 Å². The Labute approximate surface area is 83.5 Å². The van der Waals surface area contributed by atoms with Crippen molar-refractivity contribution >= 4 is 10.8 Å². The molecule has 2 heteroatoms. The van der Waals surface area contributed by atoms with Gasteiger partial charge in [0.2, 0.25) is 0 Å². The van der Waals surface area contributed by atoms with E-state index in [4.69, 9.17) is 11.5 Å². The minimum Gasteiger partial charge on any atom is -0.329 e. The first-order valence-corrected chi connectivity index (χ1v) is 4.76. The summed E-state index contributed by atoms with van der Waals surface area (Å²) in [6.07, 6.45) is 0. The smallest absolute Gasteiger partial charge is 0.0425 e. The third-order valence-electron chi connectivity index (χ3n) is 2.48. The molecule has 0 aromatic heterocycles. The molecule has 0 amide bonds. The fourth-order valence-corrected chi connectivity index (χ4v) is 1.70. The van der Waals surface area contributed by atoms with Crippen LogP contribution in [0.25, 0.3) is 10.8 Å². The van der Waals surface area contributed by atoms with E-state index >= 15 is 0 Å². The lowest BCUT2D eigenvalue weighted by atomic mass is 9.99. The Morgan fingerprint density at radius 2 is 1.71 bits per heavy atom. The van der Waals surface area contributed by atoms with Crippen LogP contribution in [0.15, 0.2) is 42.5 Å². The van der Waals surface area contributed by atoms with Crippen LogP contribution < -0.4 is 11.5 Å². The number of fused-ring (bicyclic) bond motifs is 1. The maximum atomic E-state index is 5.94. The van der Waals surface area contributed by atoms with Gasteiger partial charge in [0.15, 0.2) is 0 Å². The SMILES string of the molecule is NCC(N)c1cccc2ccccc12. The van der Waals surface area contributed by atoms with Crippen LogP contribution in [0.1, 0.15) is 11.6 Å². The molecule has 0 spiro atoms. The maximum Gasteiger partial charge on any atom is 0.0425 e. The van der Waals surface area contributed by atoms with Gasteiger partial charge in [-0.05, 0) is 16.3 Å². The lowest BCUT2D eigenvalue weighted by Crippen LogP contribution is -2.20. The van der Waals surface area contributed by atoms with Gasteiger partial charge in [0.05, 0.1) is 0 Å². The van der Waals surface area contributed by atoms with Crippen molar-refractivity contribution in [3.05, 3.63) is 48.0 Å². The number of hydrogen-bond acceptors (Lipinski definition) is 2. The summed E-state index contributed by atoms with van der Waals surface area (Å²) in [7, 11) is 0. The molecule has 0 aliphatic rings. The summed E-state index contributed by atoms with van der Waals surface area (Å²) in [5, 5.41) is 2.42.